The van der Waals surface area contributed by atoms with E-state index in [1.54, 1.807) is 6.07 Å². The lowest BCUT2D eigenvalue weighted by molar-refractivity contribution is -0.139. The van der Waals surface area contributed by atoms with Crippen molar-refractivity contribution in [3.8, 4) is 5.75 Å². The summed E-state index contributed by atoms with van der Waals surface area (Å²) in [5.41, 5.74) is 0.255. The van der Waals surface area contributed by atoms with Crippen molar-refractivity contribution in [3.63, 3.8) is 0 Å². The number of aliphatic hydroxyl groups excluding tert-OH is 1. The number of aliphatic imine (C=N–C) groups is 2. The van der Waals surface area contributed by atoms with Crippen molar-refractivity contribution in [3.05, 3.63) is 29.8 Å². The Morgan fingerprint density at radius 1 is 1.32 bits per heavy atom. The van der Waals surface area contributed by atoms with Crippen molar-refractivity contribution in [1.82, 2.24) is 0 Å². The van der Waals surface area contributed by atoms with Crippen molar-refractivity contribution in [2.45, 2.75) is 12.5 Å². The Balaban J connectivity index is 2.26. The number of phenols is 1. The third kappa shape index (κ3) is 1.46. The molecule has 1 atom stereocenters. The van der Waals surface area contributed by atoms with Gasteiger partial charge in [-0.1, -0.05) is 0 Å². The van der Waals surface area contributed by atoms with E-state index < -0.39 is 11.5 Å². The fourth-order valence-corrected chi connectivity index (χ4v) is 2.26. The number of carbonyl (C=O) groups is 1. The Morgan fingerprint density at radius 2 is 2.05 bits per heavy atom. The fourth-order valence-electron chi connectivity index (χ4n) is 2.26. The maximum atomic E-state index is 11.4. The van der Waals surface area contributed by atoms with E-state index in [1.807, 2.05) is 0 Å². The third-order valence-electron chi connectivity index (χ3n) is 3.25. The number of dihydropyridines is 1. The monoisotopic (exact) mass is 258 g/mol. The number of fused-ring (bicyclic) bond motifs is 3. The van der Waals surface area contributed by atoms with Gasteiger partial charge in [0.25, 0.3) is 0 Å². The highest BCUT2D eigenvalue weighted by Gasteiger charge is 2.46. The van der Waals surface area contributed by atoms with E-state index in [2.05, 4.69) is 9.98 Å². The van der Waals surface area contributed by atoms with Crippen LogP contribution >= 0.6 is 0 Å². The number of carboxylic acid groups (broad SMARTS) is 1. The first-order valence-corrected chi connectivity index (χ1v) is 5.58. The second kappa shape index (κ2) is 3.44. The molecule has 0 spiro atoms. The zero-order valence-electron chi connectivity index (χ0n) is 9.95. The van der Waals surface area contributed by atoms with Crippen molar-refractivity contribution in [2.24, 2.45) is 9.98 Å². The summed E-state index contributed by atoms with van der Waals surface area (Å²) in [5, 5.41) is 28.5. The Bertz CT molecular complexity index is 703. The lowest BCUT2D eigenvalue weighted by atomic mass is 9.86. The van der Waals surface area contributed by atoms with Crippen LogP contribution in [0.1, 0.15) is 12.5 Å². The van der Waals surface area contributed by atoms with Crippen LogP contribution in [0.25, 0.3) is 5.57 Å². The van der Waals surface area contributed by atoms with E-state index in [0.717, 1.165) is 0 Å². The summed E-state index contributed by atoms with van der Waals surface area (Å²) in [6, 6.07) is 4.55. The van der Waals surface area contributed by atoms with E-state index in [4.69, 9.17) is 0 Å². The molecule has 0 saturated carbocycles. The van der Waals surface area contributed by atoms with Crippen molar-refractivity contribution in [2.75, 3.05) is 0 Å². The van der Waals surface area contributed by atoms with Crippen molar-refractivity contribution >= 4 is 28.8 Å². The number of hydrogen-bond donors (Lipinski definition) is 3. The normalized spacial score (nSPS) is 23.9. The minimum absolute atomic E-state index is 0.0510. The number of aliphatic carboxylic acids is 1. The number of aromatic hydroxyl groups is 1. The number of carboxylic acids is 1. The molecular formula is C13H10N2O4. The smallest absolute Gasteiger partial charge is 0.337 e. The Kier molecular flexibility index (Phi) is 2.08. The van der Waals surface area contributed by atoms with Crippen LogP contribution in [0.2, 0.25) is 0 Å². The molecule has 96 valence electrons. The molecule has 19 heavy (non-hydrogen) atoms. The predicted molar refractivity (Wildman–Crippen MR) is 69.3 cm³/mol. The molecule has 0 aliphatic carbocycles. The molecule has 3 N–H and O–H groups in total. The SMILES string of the molecule is CC1(C(=O)O)N=C(O)C=C2C1=Nc1ccc(O)cc12. The molecule has 0 amide bonds. The summed E-state index contributed by atoms with van der Waals surface area (Å²) < 4.78 is 0. The second-order valence-electron chi connectivity index (χ2n) is 4.57. The van der Waals surface area contributed by atoms with E-state index in [0.29, 0.717) is 16.8 Å². The van der Waals surface area contributed by atoms with Crippen molar-refractivity contribution < 1.29 is 20.1 Å². The van der Waals surface area contributed by atoms with Gasteiger partial charge < -0.3 is 15.3 Å². The van der Waals surface area contributed by atoms with Gasteiger partial charge in [-0.25, -0.2) is 14.8 Å². The van der Waals surface area contributed by atoms with Gasteiger partial charge in [0, 0.05) is 17.2 Å². The largest absolute Gasteiger partial charge is 0.508 e. The Morgan fingerprint density at radius 3 is 2.74 bits per heavy atom. The molecule has 2 aliphatic heterocycles. The zero-order chi connectivity index (χ0) is 13.8. The summed E-state index contributed by atoms with van der Waals surface area (Å²) in [5.74, 6) is -1.51. The first-order valence-electron chi connectivity index (χ1n) is 5.58. The molecule has 0 aromatic heterocycles. The van der Waals surface area contributed by atoms with Crippen LogP contribution in [0.5, 0.6) is 5.75 Å². The fraction of sp³-hybridized carbons (Fsp3) is 0.154. The Hall–Kier alpha value is -2.63. The molecule has 0 bridgehead atoms. The number of rotatable bonds is 1. The van der Waals surface area contributed by atoms with E-state index in [9.17, 15) is 20.1 Å². The van der Waals surface area contributed by atoms with Crippen LogP contribution < -0.4 is 0 Å². The lowest BCUT2D eigenvalue weighted by Crippen LogP contribution is -2.44. The number of aliphatic hydroxyl groups is 1. The number of benzene rings is 1. The zero-order valence-corrected chi connectivity index (χ0v) is 9.95. The van der Waals surface area contributed by atoms with Gasteiger partial charge in [-0.3, -0.25) is 0 Å². The van der Waals surface area contributed by atoms with E-state index in [-0.39, 0.29) is 17.4 Å². The van der Waals surface area contributed by atoms with Crippen LogP contribution in [0.3, 0.4) is 0 Å². The quantitative estimate of drug-likeness (QED) is 0.712. The average Bonchev–Trinajstić information content (AvgIpc) is 2.68. The molecule has 6 nitrogen and oxygen atoms in total. The molecule has 0 radical (unpaired) electrons. The van der Waals surface area contributed by atoms with E-state index >= 15 is 0 Å². The van der Waals surface area contributed by atoms with Gasteiger partial charge in [0.1, 0.15) is 5.75 Å². The third-order valence-corrected chi connectivity index (χ3v) is 3.25. The maximum Gasteiger partial charge on any atom is 0.337 e. The standard InChI is InChI=1S/C13H10N2O4/c1-13(12(18)19)11-8(5-10(17)15-13)7-4-6(16)2-3-9(7)14-11/h2-5,16H,1H3,(H,15,17)(H,18,19). The predicted octanol–water partition coefficient (Wildman–Crippen LogP) is 1.68. The molecule has 2 heterocycles. The Labute approximate surface area is 108 Å². The van der Waals surface area contributed by atoms with Gasteiger partial charge in [0.15, 0.2) is 0 Å². The highest BCUT2D eigenvalue weighted by atomic mass is 16.4. The first-order chi connectivity index (χ1) is 8.91. The first kappa shape index (κ1) is 11.5. The van der Waals surface area contributed by atoms with Crippen molar-refractivity contribution in [1.29, 1.82) is 0 Å². The maximum absolute atomic E-state index is 11.4. The highest BCUT2D eigenvalue weighted by Crippen LogP contribution is 2.42. The summed E-state index contributed by atoms with van der Waals surface area (Å²) in [7, 11) is 0. The minimum Gasteiger partial charge on any atom is -0.508 e. The minimum atomic E-state index is -1.62. The topological polar surface area (TPSA) is 102 Å². The van der Waals surface area contributed by atoms with Crippen LogP contribution in [-0.2, 0) is 4.79 Å². The van der Waals surface area contributed by atoms with Gasteiger partial charge in [0.05, 0.1) is 11.4 Å². The molecule has 0 fully saturated rings. The molecule has 2 aliphatic rings. The van der Waals surface area contributed by atoms with Crippen LogP contribution in [-0.4, -0.2) is 38.4 Å². The van der Waals surface area contributed by atoms with Crippen LogP contribution in [0.4, 0.5) is 5.69 Å². The molecule has 1 aromatic carbocycles. The number of nitrogens with zero attached hydrogens (tertiary/aromatic N) is 2. The molecule has 0 saturated heterocycles. The molecule has 1 aromatic rings. The lowest BCUT2D eigenvalue weighted by Gasteiger charge is -2.24. The molecular weight excluding hydrogens is 248 g/mol. The van der Waals surface area contributed by atoms with Gasteiger partial charge >= 0.3 is 5.97 Å². The summed E-state index contributed by atoms with van der Waals surface area (Å²) in [4.78, 5) is 19.4. The average molecular weight is 258 g/mol. The summed E-state index contributed by atoms with van der Waals surface area (Å²) in [6.07, 6.45) is 1.36. The van der Waals surface area contributed by atoms with Crippen LogP contribution in [0, 0.1) is 0 Å². The summed E-state index contributed by atoms with van der Waals surface area (Å²) in [6.45, 7) is 1.38. The van der Waals surface area contributed by atoms with Gasteiger partial charge in [-0.15, -0.1) is 0 Å². The number of hydrogen-bond acceptors (Lipinski definition) is 4. The van der Waals surface area contributed by atoms with Crippen LogP contribution in [0.15, 0.2) is 34.3 Å². The second-order valence-corrected chi connectivity index (χ2v) is 4.57. The summed E-state index contributed by atoms with van der Waals surface area (Å²) >= 11 is 0. The highest BCUT2D eigenvalue weighted by molar-refractivity contribution is 6.41. The van der Waals surface area contributed by atoms with E-state index in [1.165, 1.54) is 25.1 Å². The van der Waals surface area contributed by atoms with Gasteiger partial charge in [0.2, 0.25) is 11.4 Å². The molecule has 6 heteroatoms. The molecule has 3 rings (SSSR count). The van der Waals surface area contributed by atoms with Gasteiger partial charge in [-0.05, 0) is 25.1 Å². The molecule has 1 unspecified atom stereocenters. The number of phenolic OH excluding ortho intramolecular Hbond substituents is 1. The van der Waals surface area contributed by atoms with Gasteiger partial charge in [-0.2, -0.15) is 0 Å².